The van der Waals surface area contributed by atoms with Gasteiger partial charge in [0, 0.05) is 24.3 Å². The molecule has 0 unspecified atom stereocenters. The van der Waals surface area contributed by atoms with E-state index in [-0.39, 0.29) is 5.75 Å². The Morgan fingerprint density at radius 2 is 2.00 bits per heavy atom. The molecule has 22 heavy (non-hydrogen) atoms. The quantitative estimate of drug-likeness (QED) is 0.796. The number of aromatic hydroxyl groups is 1. The van der Waals surface area contributed by atoms with Crippen LogP contribution in [0, 0.1) is 0 Å². The minimum absolute atomic E-state index is 0.262. The van der Waals surface area contributed by atoms with Crippen LogP contribution < -0.4 is 4.90 Å². The lowest BCUT2D eigenvalue weighted by atomic mass is 9.90. The Kier molecular flexibility index (Phi) is 3.57. The van der Waals surface area contributed by atoms with Crippen LogP contribution in [0.3, 0.4) is 0 Å². The molecule has 1 N–H and O–H groups in total. The number of anilines is 1. The molecular weight excluding hydrogens is 366 g/mol. The zero-order valence-electron chi connectivity index (χ0n) is 11.8. The molecule has 2 aliphatic rings. The number of rotatable bonds is 2. The van der Waals surface area contributed by atoms with Crippen molar-refractivity contribution in [2.24, 2.45) is 10.2 Å². The van der Waals surface area contributed by atoms with Crippen LogP contribution in [0.15, 0.2) is 20.2 Å². The molecule has 2 aromatic rings. The van der Waals surface area contributed by atoms with Gasteiger partial charge in [-0.1, -0.05) is 11.3 Å². The maximum Gasteiger partial charge on any atom is 0.252 e. The maximum atomic E-state index is 10.6. The zero-order valence-corrected chi connectivity index (χ0v) is 14.2. The molecule has 0 amide bonds. The van der Waals surface area contributed by atoms with Gasteiger partial charge in [-0.15, -0.1) is 20.4 Å². The van der Waals surface area contributed by atoms with Gasteiger partial charge in [-0.3, -0.25) is 0 Å². The molecule has 4 rings (SSSR count). The van der Waals surface area contributed by atoms with Crippen molar-refractivity contribution >= 4 is 43.8 Å². The minimum atomic E-state index is 0.262. The summed E-state index contributed by atoms with van der Waals surface area (Å²) in [7, 11) is 0. The fourth-order valence-electron chi connectivity index (χ4n) is 3.24. The molecule has 6 nitrogen and oxygen atoms in total. The Balaban J connectivity index is 1.76. The summed E-state index contributed by atoms with van der Waals surface area (Å²) in [6.07, 6.45) is 4.16. The van der Waals surface area contributed by atoms with Gasteiger partial charge >= 0.3 is 0 Å². The molecule has 0 bridgehead atoms. The van der Waals surface area contributed by atoms with E-state index in [1.165, 1.54) is 22.6 Å². The van der Waals surface area contributed by atoms with Gasteiger partial charge in [0.05, 0.1) is 0 Å². The summed E-state index contributed by atoms with van der Waals surface area (Å²) in [6.45, 7) is 2.16. The predicted octanol–water partition coefficient (Wildman–Crippen LogP) is 4.12. The normalized spacial score (nSPS) is 17.0. The lowest BCUT2D eigenvalue weighted by molar-refractivity contribution is 0.463. The first-order chi connectivity index (χ1) is 10.7. The SMILES string of the molecule is Oc1c(N=Nc2nnc(Br)s2)cc2c3c1CCCN3CCC2. The van der Waals surface area contributed by atoms with Gasteiger partial charge in [0.25, 0.3) is 5.13 Å². The van der Waals surface area contributed by atoms with Crippen molar-refractivity contribution in [3.63, 3.8) is 0 Å². The van der Waals surface area contributed by atoms with E-state index in [2.05, 4.69) is 41.3 Å². The average Bonchev–Trinajstić information content (AvgIpc) is 2.95. The number of aromatic nitrogens is 2. The van der Waals surface area contributed by atoms with E-state index in [1.54, 1.807) is 0 Å². The highest BCUT2D eigenvalue weighted by Gasteiger charge is 2.27. The third-order valence-electron chi connectivity index (χ3n) is 4.11. The molecule has 0 atom stereocenters. The first-order valence-electron chi connectivity index (χ1n) is 7.26. The van der Waals surface area contributed by atoms with Gasteiger partial charge in [-0.25, -0.2) is 0 Å². The number of hydrogen-bond acceptors (Lipinski definition) is 7. The molecule has 0 aliphatic carbocycles. The molecule has 2 aliphatic heterocycles. The second-order valence-corrected chi connectivity index (χ2v) is 7.69. The lowest BCUT2D eigenvalue weighted by Gasteiger charge is -2.37. The lowest BCUT2D eigenvalue weighted by Crippen LogP contribution is -2.34. The van der Waals surface area contributed by atoms with E-state index in [0.29, 0.717) is 14.7 Å². The Hall–Kier alpha value is -1.54. The number of hydrogen-bond donors (Lipinski definition) is 1. The van der Waals surface area contributed by atoms with Gasteiger partial charge in [0.1, 0.15) is 11.4 Å². The Morgan fingerprint density at radius 1 is 1.18 bits per heavy atom. The summed E-state index contributed by atoms with van der Waals surface area (Å²) in [5.41, 5.74) is 4.05. The van der Waals surface area contributed by atoms with Crippen LogP contribution in [0.4, 0.5) is 16.5 Å². The topological polar surface area (TPSA) is 74.0 Å². The number of benzene rings is 1. The maximum absolute atomic E-state index is 10.6. The van der Waals surface area contributed by atoms with E-state index < -0.39 is 0 Å². The second-order valence-electron chi connectivity index (χ2n) is 5.46. The van der Waals surface area contributed by atoms with E-state index in [1.807, 2.05) is 6.07 Å². The highest BCUT2D eigenvalue weighted by atomic mass is 79.9. The summed E-state index contributed by atoms with van der Waals surface area (Å²) < 4.78 is 0.668. The molecule has 114 valence electrons. The second kappa shape index (κ2) is 5.58. The largest absolute Gasteiger partial charge is 0.505 e. The van der Waals surface area contributed by atoms with Crippen LogP contribution in [0.25, 0.3) is 0 Å². The molecule has 1 aromatic heterocycles. The first-order valence-corrected chi connectivity index (χ1v) is 8.87. The molecular formula is C14H14BrN5OS. The number of aryl methyl sites for hydroxylation is 1. The number of halogens is 1. The van der Waals surface area contributed by atoms with E-state index in [0.717, 1.165) is 44.3 Å². The minimum Gasteiger partial charge on any atom is -0.505 e. The number of phenols is 1. The molecule has 1 aromatic carbocycles. The van der Waals surface area contributed by atoms with Gasteiger partial charge < -0.3 is 10.0 Å². The summed E-state index contributed by atoms with van der Waals surface area (Å²) in [6, 6.07) is 1.96. The van der Waals surface area contributed by atoms with Crippen molar-refractivity contribution in [3.8, 4) is 5.75 Å². The van der Waals surface area contributed by atoms with Gasteiger partial charge in [-0.2, -0.15) is 0 Å². The van der Waals surface area contributed by atoms with Crippen LogP contribution in [0.5, 0.6) is 5.75 Å². The van der Waals surface area contributed by atoms with Crippen molar-refractivity contribution < 1.29 is 5.11 Å². The van der Waals surface area contributed by atoms with Crippen molar-refractivity contribution in [3.05, 3.63) is 21.1 Å². The van der Waals surface area contributed by atoms with Gasteiger partial charge in [-0.05, 0) is 53.2 Å². The van der Waals surface area contributed by atoms with E-state index >= 15 is 0 Å². The summed E-state index contributed by atoms with van der Waals surface area (Å²) in [4.78, 5) is 2.39. The van der Waals surface area contributed by atoms with Gasteiger partial charge in [0.15, 0.2) is 3.92 Å². The standard InChI is InChI=1S/C14H14BrN5OS/c15-13-17-19-14(22-13)18-16-10-7-8-3-1-5-20-6-2-4-9(11(8)20)12(10)21/h7,21H,1-6H2. The Bertz CT molecular complexity index is 758. The van der Waals surface area contributed by atoms with E-state index in [4.69, 9.17) is 0 Å². The monoisotopic (exact) mass is 379 g/mol. The highest BCUT2D eigenvalue weighted by Crippen LogP contribution is 2.45. The third-order valence-corrected chi connectivity index (χ3v) is 5.35. The summed E-state index contributed by atoms with van der Waals surface area (Å²) >= 11 is 4.55. The third kappa shape index (κ3) is 2.40. The molecule has 0 fully saturated rings. The highest BCUT2D eigenvalue weighted by molar-refractivity contribution is 9.11. The van der Waals surface area contributed by atoms with Gasteiger partial charge in [0.2, 0.25) is 0 Å². The van der Waals surface area contributed by atoms with E-state index in [9.17, 15) is 5.11 Å². The molecule has 3 heterocycles. The number of azo groups is 1. The fourth-order valence-corrected chi connectivity index (χ4v) is 4.15. The summed E-state index contributed by atoms with van der Waals surface area (Å²) in [5.74, 6) is 0.262. The number of phenolic OH excluding ortho intramolecular Hbond substituents is 1. The van der Waals surface area contributed by atoms with Crippen molar-refractivity contribution in [2.45, 2.75) is 25.7 Å². The Labute approximate surface area is 140 Å². The van der Waals surface area contributed by atoms with Crippen LogP contribution in [0.2, 0.25) is 0 Å². The number of nitrogens with zero attached hydrogens (tertiary/aromatic N) is 5. The van der Waals surface area contributed by atoms with Crippen LogP contribution in [-0.4, -0.2) is 28.4 Å². The summed E-state index contributed by atoms with van der Waals surface area (Å²) in [5, 5.41) is 27.0. The molecule has 0 radical (unpaired) electrons. The van der Waals surface area contributed by atoms with Crippen LogP contribution in [0.1, 0.15) is 24.0 Å². The molecule has 0 spiro atoms. The molecule has 0 saturated heterocycles. The van der Waals surface area contributed by atoms with Crippen molar-refractivity contribution in [1.29, 1.82) is 0 Å². The smallest absolute Gasteiger partial charge is 0.252 e. The van der Waals surface area contributed by atoms with Crippen molar-refractivity contribution in [1.82, 2.24) is 10.2 Å². The van der Waals surface area contributed by atoms with Crippen LogP contribution >= 0.6 is 27.3 Å². The molecule has 8 heteroatoms. The average molecular weight is 380 g/mol. The first kappa shape index (κ1) is 14.1. The van der Waals surface area contributed by atoms with Crippen LogP contribution in [-0.2, 0) is 12.8 Å². The zero-order chi connectivity index (χ0) is 15.1. The fraction of sp³-hybridized carbons (Fsp3) is 0.429. The van der Waals surface area contributed by atoms with Crippen molar-refractivity contribution in [2.75, 3.05) is 18.0 Å². The molecule has 0 saturated carbocycles. The predicted molar refractivity (Wildman–Crippen MR) is 88.7 cm³/mol. The Morgan fingerprint density at radius 3 is 2.77 bits per heavy atom.